The normalized spacial score (nSPS) is 12.8. The minimum atomic E-state index is 0.160. The molecule has 1 heterocycles. The van der Waals surface area contributed by atoms with Gasteiger partial charge in [0, 0.05) is 36.9 Å². The van der Waals surface area contributed by atoms with Crippen molar-refractivity contribution in [1.29, 1.82) is 0 Å². The highest BCUT2D eigenvalue weighted by atomic mass is 32.1. The van der Waals surface area contributed by atoms with E-state index in [1.54, 1.807) is 11.3 Å². The second-order valence-corrected chi connectivity index (χ2v) is 6.89. The van der Waals surface area contributed by atoms with Gasteiger partial charge < -0.3 is 0 Å². The van der Waals surface area contributed by atoms with Crippen molar-refractivity contribution < 1.29 is 4.79 Å². The van der Waals surface area contributed by atoms with Crippen LogP contribution >= 0.6 is 11.3 Å². The fourth-order valence-electron chi connectivity index (χ4n) is 3.45. The van der Waals surface area contributed by atoms with Crippen LogP contribution in [0.1, 0.15) is 15.9 Å². The van der Waals surface area contributed by atoms with E-state index in [9.17, 15) is 4.79 Å². The van der Waals surface area contributed by atoms with Crippen molar-refractivity contribution in [3.63, 3.8) is 0 Å². The fraction of sp³-hybridized carbons (Fsp3) is 0. The molecule has 22 heavy (non-hydrogen) atoms. The Balaban J connectivity index is 1.99. The molecule has 4 aromatic rings. The maximum Gasteiger partial charge on any atom is 0.194 e. The summed E-state index contributed by atoms with van der Waals surface area (Å²) in [5.74, 6) is 0.160. The summed E-state index contributed by atoms with van der Waals surface area (Å²) in [5.41, 5.74) is 5.04. The average Bonchev–Trinajstić information content (AvgIpc) is 3.04. The van der Waals surface area contributed by atoms with Crippen LogP contribution < -0.4 is 5.46 Å². The Morgan fingerprint density at radius 1 is 0.818 bits per heavy atom. The maximum absolute atomic E-state index is 12.7. The van der Waals surface area contributed by atoms with E-state index in [1.807, 2.05) is 20.0 Å². The van der Waals surface area contributed by atoms with Gasteiger partial charge in [-0.15, -0.1) is 11.3 Å². The third-order valence-electron chi connectivity index (χ3n) is 4.48. The molecular formula is C19H11BOS. The second kappa shape index (κ2) is 4.08. The van der Waals surface area contributed by atoms with Gasteiger partial charge in [0.25, 0.3) is 0 Å². The first-order valence-electron chi connectivity index (χ1n) is 7.34. The van der Waals surface area contributed by atoms with E-state index in [0.717, 1.165) is 27.7 Å². The Kier molecular flexibility index (Phi) is 2.26. The number of carbonyl (C=O) groups excluding carboxylic acids is 1. The molecule has 0 aliphatic heterocycles. The van der Waals surface area contributed by atoms with Crippen LogP contribution in [0.4, 0.5) is 0 Å². The summed E-state index contributed by atoms with van der Waals surface area (Å²) in [5, 5.41) is 2.53. The minimum absolute atomic E-state index is 0.160. The van der Waals surface area contributed by atoms with Crippen LogP contribution in [0.15, 0.2) is 54.6 Å². The van der Waals surface area contributed by atoms with E-state index in [0.29, 0.717) is 0 Å². The molecule has 0 atom stereocenters. The van der Waals surface area contributed by atoms with Crippen LogP contribution in [0.2, 0.25) is 0 Å². The van der Waals surface area contributed by atoms with Gasteiger partial charge in [-0.2, -0.15) is 0 Å². The SMILES string of the molecule is Bc1ccc2c(c1)C(=O)c1ccc3c(sc4ccccc43)c1-2. The van der Waals surface area contributed by atoms with Gasteiger partial charge in [0.15, 0.2) is 5.78 Å². The first-order valence-corrected chi connectivity index (χ1v) is 8.15. The number of hydrogen-bond donors (Lipinski definition) is 0. The minimum Gasteiger partial charge on any atom is -0.289 e. The summed E-state index contributed by atoms with van der Waals surface area (Å²) in [4.78, 5) is 12.7. The number of ketones is 1. The van der Waals surface area contributed by atoms with Gasteiger partial charge in [0.1, 0.15) is 7.85 Å². The smallest absolute Gasteiger partial charge is 0.194 e. The molecule has 0 N–H and O–H groups in total. The molecule has 1 aromatic heterocycles. The monoisotopic (exact) mass is 298 g/mol. The lowest BCUT2D eigenvalue weighted by molar-refractivity contribution is 0.104. The number of thiophene rings is 1. The molecule has 0 amide bonds. The molecule has 102 valence electrons. The zero-order valence-electron chi connectivity index (χ0n) is 12.0. The Hall–Kier alpha value is -2.39. The van der Waals surface area contributed by atoms with Crippen molar-refractivity contribution in [2.45, 2.75) is 0 Å². The Bertz CT molecular complexity index is 1110. The molecule has 1 aliphatic rings. The number of hydrogen-bond acceptors (Lipinski definition) is 2. The number of rotatable bonds is 0. The van der Waals surface area contributed by atoms with E-state index in [1.165, 1.54) is 20.2 Å². The van der Waals surface area contributed by atoms with Crippen LogP contribution in [0.5, 0.6) is 0 Å². The van der Waals surface area contributed by atoms with E-state index in [2.05, 4.69) is 42.5 Å². The van der Waals surface area contributed by atoms with Crippen molar-refractivity contribution in [3.8, 4) is 11.1 Å². The average molecular weight is 298 g/mol. The molecule has 0 radical (unpaired) electrons. The summed E-state index contributed by atoms with van der Waals surface area (Å²) < 4.78 is 2.51. The molecule has 0 saturated heterocycles. The van der Waals surface area contributed by atoms with Crippen molar-refractivity contribution in [2.75, 3.05) is 0 Å². The molecule has 1 aliphatic carbocycles. The molecule has 1 nitrogen and oxygen atoms in total. The van der Waals surface area contributed by atoms with Gasteiger partial charge in [-0.25, -0.2) is 0 Å². The summed E-state index contributed by atoms with van der Waals surface area (Å²) in [6.45, 7) is 0. The van der Waals surface area contributed by atoms with E-state index < -0.39 is 0 Å². The Labute approximate surface area is 132 Å². The van der Waals surface area contributed by atoms with Gasteiger partial charge in [0.05, 0.1) is 0 Å². The molecule has 3 aromatic carbocycles. The van der Waals surface area contributed by atoms with Gasteiger partial charge in [0.2, 0.25) is 0 Å². The topological polar surface area (TPSA) is 17.1 Å². The number of benzene rings is 3. The zero-order chi connectivity index (χ0) is 14.8. The summed E-state index contributed by atoms with van der Waals surface area (Å²) in [7, 11) is 2.03. The van der Waals surface area contributed by atoms with Crippen LogP contribution in [-0.4, -0.2) is 13.6 Å². The van der Waals surface area contributed by atoms with Crippen molar-refractivity contribution in [2.24, 2.45) is 0 Å². The first-order chi connectivity index (χ1) is 10.7. The molecule has 5 rings (SSSR count). The van der Waals surface area contributed by atoms with Crippen LogP contribution in [0, 0.1) is 0 Å². The van der Waals surface area contributed by atoms with Crippen LogP contribution in [0.25, 0.3) is 31.3 Å². The molecule has 0 spiro atoms. The Morgan fingerprint density at radius 2 is 1.64 bits per heavy atom. The quantitative estimate of drug-likeness (QED) is 0.400. The van der Waals surface area contributed by atoms with Gasteiger partial charge >= 0.3 is 0 Å². The molecule has 0 unspecified atom stereocenters. The van der Waals surface area contributed by atoms with Gasteiger partial charge in [-0.3, -0.25) is 4.79 Å². The van der Waals surface area contributed by atoms with Crippen LogP contribution in [0.3, 0.4) is 0 Å². The van der Waals surface area contributed by atoms with E-state index in [-0.39, 0.29) is 5.78 Å². The third kappa shape index (κ3) is 1.42. The summed E-state index contributed by atoms with van der Waals surface area (Å²) in [6, 6.07) is 18.7. The largest absolute Gasteiger partial charge is 0.289 e. The Morgan fingerprint density at radius 3 is 2.55 bits per heavy atom. The zero-order valence-corrected chi connectivity index (χ0v) is 12.8. The van der Waals surface area contributed by atoms with E-state index in [4.69, 9.17) is 0 Å². The molecule has 3 heteroatoms. The lowest BCUT2D eigenvalue weighted by Crippen LogP contribution is -2.05. The second-order valence-electron chi connectivity index (χ2n) is 5.84. The summed E-state index contributed by atoms with van der Waals surface area (Å²) in [6.07, 6.45) is 0. The predicted octanol–water partition coefficient (Wildman–Crippen LogP) is 3.52. The lowest BCUT2D eigenvalue weighted by atomic mass is 9.92. The third-order valence-corrected chi connectivity index (χ3v) is 5.68. The van der Waals surface area contributed by atoms with Crippen molar-refractivity contribution in [3.05, 3.63) is 65.7 Å². The van der Waals surface area contributed by atoms with Crippen molar-refractivity contribution in [1.82, 2.24) is 0 Å². The maximum atomic E-state index is 12.7. The molecule has 0 saturated carbocycles. The highest BCUT2D eigenvalue weighted by molar-refractivity contribution is 7.26. The van der Waals surface area contributed by atoms with Crippen molar-refractivity contribution >= 4 is 50.6 Å². The number of carbonyl (C=O) groups is 1. The molecular weight excluding hydrogens is 287 g/mol. The highest BCUT2D eigenvalue weighted by Gasteiger charge is 2.29. The highest BCUT2D eigenvalue weighted by Crippen LogP contribution is 2.46. The lowest BCUT2D eigenvalue weighted by Gasteiger charge is -2.02. The molecule has 0 fully saturated rings. The standard InChI is InChI=1S/C19H11BOS/c20-10-5-6-12-15(9-10)18(21)14-8-7-13-11-3-1-2-4-16(11)22-19(13)17(12)14/h1-9H,20H2. The van der Waals surface area contributed by atoms with E-state index >= 15 is 0 Å². The van der Waals surface area contributed by atoms with Gasteiger partial charge in [-0.05, 0) is 17.7 Å². The molecule has 0 bridgehead atoms. The van der Waals surface area contributed by atoms with Gasteiger partial charge in [-0.1, -0.05) is 47.9 Å². The fourth-order valence-corrected chi connectivity index (χ4v) is 4.72. The van der Waals surface area contributed by atoms with Crippen LogP contribution in [-0.2, 0) is 0 Å². The first kappa shape index (κ1) is 12.2. The predicted molar refractivity (Wildman–Crippen MR) is 96.4 cm³/mol. The summed E-state index contributed by atoms with van der Waals surface area (Å²) >= 11 is 1.78. The number of fused-ring (bicyclic) bond motifs is 7.